The first-order valence-corrected chi connectivity index (χ1v) is 9.82. The van der Waals surface area contributed by atoms with Crippen molar-refractivity contribution in [2.24, 2.45) is 0 Å². The van der Waals surface area contributed by atoms with Gasteiger partial charge in [0.2, 0.25) is 0 Å². The van der Waals surface area contributed by atoms with Gasteiger partial charge in [-0.05, 0) is 25.5 Å². The van der Waals surface area contributed by atoms with E-state index in [0.29, 0.717) is 30.3 Å². The van der Waals surface area contributed by atoms with E-state index in [0.717, 1.165) is 23.8 Å². The molecule has 0 saturated carbocycles. The molecule has 1 aliphatic heterocycles. The van der Waals surface area contributed by atoms with Crippen LogP contribution in [0.4, 0.5) is 10.2 Å². The number of rotatable bonds is 7. The Morgan fingerprint density at radius 2 is 2.07 bits per heavy atom. The minimum atomic E-state index is -0.620. The zero-order valence-corrected chi connectivity index (χ0v) is 16.7. The van der Waals surface area contributed by atoms with Crippen molar-refractivity contribution < 1.29 is 18.6 Å². The van der Waals surface area contributed by atoms with Crippen molar-refractivity contribution in [1.29, 1.82) is 0 Å². The molecule has 154 valence electrons. The number of benzene rings is 2. The second-order valence-electron chi connectivity index (χ2n) is 6.85. The summed E-state index contributed by atoms with van der Waals surface area (Å²) in [6.45, 7) is 3.54. The summed E-state index contributed by atoms with van der Waals surface area (Å²) in [5.74, 6) is 2.39. The van der Waals surface area contributed by atoms with Crippen LogP contribution in [0, 0.1) is 18.2 Å². The monoisotopic (exact) mass is 407 g/mol. The predicted molar refractivity (Wildman–Crippen MR) is 113 cm³/mol. The molecule has 1 N–H and O–H groups in total. The summed E-state index contributed by atoms with van der Waals surface area (Å²) in [7, 11) is 0. The fourth-order valence-corrected chi connectivity index (χ4v) is 3.43. The molecule has 0 aliphatic carbocycles. The van der Waals surface area contributed by atoms with Crippen LogP contribution in [0.5, 0.6) is 5.75 Å². The van der Waals surface area contributed by atoms with E-state index in [1.807, 2.05) is 31.2 Å². The van der Waals surface area contributed by atoms with E-state index in [2.05, 4.69) is 21.4 Å². The number of terminal acetylenes is 1. The Hall–Kier alpha value is -3.21. The normalized spacial score (nSPS) is 15.8. The molecule has 0 amide bonds. The van der Waals surface area contributed by atoms with Gasteiger partial charge in [0.25, 0.3) is 0 Å². The molecule has 1 fully saturated rings. The van der Waals surface area contributed by atoms with Gasteiger partial charge in [-0.25, -0.2) is 4.39 Å². The third-order valence-electron chi connectivity index (χ3n) is 4.96. The average Bonchev–Trinajstić information content (AvgIpc) is 3.28. The number of aromatic nitrogens is 2. The second-order valence-corrected chi connectivity index (χ2v) is 6.85. The third kappa shape index (κ3) is 3.92. The lowest BCUT2D eigenvalue weighted by molar-refractivity contribution is 0.0204. The molecule has 30 heavy (non-hydrogen) atoms. The maximum atomic E-state index is 15.0. The average molecular weight is 407 g/mol. The highest BCUT2D eigenvalue weighted by atomic mass is 19.1. The molecule has 1 aromatic heterocycles. The lowest BCUT2D eigenvalue weighted by Gasteiger charge is -2.17. The zero-order chi connectivity index (χ0) is 20.9. The fourth-order valence-electron chi connectivity index (χ4n) is 3.43. The molecule has 1 saturated heterocycles. The van der Waals surface area contributed by atoms with Crippen LogP contribution in [0.15, 0.2) is 36.4 Å². The van der Waals surface area contributed by atoms with Gasteiger partial charge in [0.1, 0.15) is 5.69 Å². The Morgan fingerprint density at radius 1 is 1.23 bits per heavy atom. The molecular formula is C23H22FN3O3. The highest BCUT2D eigenvalue weighted by Crippen LogP contribution is 2.38. The van der Waals surface area contributed by atoms with Crippen molar-refractivity contribution >= 4 is 16.6 Å². The molecule has 0 spiro atoms. The zero-order valence-electron chi connectivity index (χ0n) is 16.7. The van der Waals surface area contributed by atoms with E-state index < -0.39 is 5.82 Å². The van der Waals surface area contributed by atoms with Gasteiger partial charge < -0.3 is 19.5 Å². The van der Waals surface area contributed by atoms with Crippen molar-refractivity contribution in [2.45, 2.75) is 19.4 Å². The largest absolute Gasteiger partial charge is 0.464 e. The molecule has 2 aromatic carbocycles. The Labute approximate surface area is 174 Å². The quantitative estimate of drug-likeness (QED) is 0.363. The number of hydrogen-bond acceptors (Lipinski definition) is 6. The lowest BCUT2D eigenvalue weighted by Crippen LogP contribution is -2.20. The van der Waals surface area contributed by atoms with E-state index in [9.17, 15) is 4.39 Å². The van der Waals surface area contributed by atoms with Gasteiger partial charge in [0, 0.05) is 29.5 Å². The first kappa shape index (κ1) is 20.1. The number of nitrogens with zero attached hydrogens (tertiary/aromatic N) is 2. The number of ether oxygens (including phenoxy) is 3. The van der Waals surface area contributed by atoms with Gasteiger partial charge in [-0.2, -0.15) is 0 Å². The van der Waals surface area contributed by atoms with Gasteiger partial charge in [-0.3, -0.25) is 0 Å². The van der Waals surface area contributed by atoms with E-state index >= 15 is 0 Å². The van der Waals surface area contributed by atoms with Crippen LogP contribution in [0.3, 0.4) is 0 Å². The summed E-state index contributed by atoms with van der Waals surface area (Å²) in [6, 6.07) is 11.1. The summed E-state index contributed by atoms with van der Waals surface area (Å²) in [6.07, 6.45) is 6.34. The molecule has 3 aromatic rings. The van der Waals surface area contributed by atoms with Crippen LogP contribution >= 0.6 is 0 Å². The van der Waals surface area contributed by atoms with Crippen LogP contribution < -0.4 is 10.1 Å². The van der Waals surface area contributed by atoms with Crippen molar-refractivity contribution in [3.8, 4) is 29.4 Å². The van der Waals surface area contributed by atoms with Gasteiger partial charge in [0.15, 0.2) is 24.2 Å². The van der Waals surface area contributed by atoms with Crippen LogP contribution in [0.2, 0.25) is 0 Å². The first-order valence-electron chi connectivity index (χ1n) is 9.82. The first-order chi connectivity index (χ1) is 14.7. The van der Waals surface area contributed by atoms with Crippen LogP contribution in [0.25, 0.3) is 22.0 Å². The number of fused-ring (bicyclic) bond motifs is 1. The van der Waals surface area contributed by atoms with Gasteiger partial charge in [-0.15, -0.1) is 16.6 Å². The van der Waals surface area contributed by atoms with Crippen LogP contribution in [-0.2, 0) is 9.47 Å². The molecule has 0 radical (unpaired) electrons. The number of hydrogen-bond donors (Lipinski definition) is 1. The van der Waals surface area contributed by atoms with Crippen molar-refractivity contribution in [3.63, 3.8) is 0 Å². The van der Waals surface area contributed by atoms with E-state index in [1.54, 1.807) is 6.07 Å². The lowest BCUT2D eigenvalue weighted by atomic mass is 10.0. The van der Waals surface area contributed by atoms with E-state index in [-0.39, 0.29) is 24.1 Å². The molecule has 2 heterocycles. The maximum Gasteiger partial charge on any atom is 0.189 e. The molecule has 1 unspecified atom stereocenters. The summed E-state index contributed by atoms with van der Waals surface area (Å²) in [5.41, 5.74) is 1.08. The van der Waals surface area contributed by atoms with E-state index in [1.165, 1.54) is 6.07 Å². The van der Waals surface area contributed by atoms with E-state index in [4.69, 9.17) is 20.6 Å². The third-order valence-corrected chi connectivity index (χ3v) is 4.96. The molecule has 0 bridgehead atoms. The number of halogens is 1. The maximum absolute atomic E-state index is 15.0. The van der Waals surface area contributed by atoms with Crippen LogP contribution in [-0.4, -0.2) is 42.9 Å². The predicted octanol–water partition coefficient (Wildman–Crippen LogP) is 3.99. The van der Waals surface area contributed by atoms with Gasteiger partial charge in [-0.1, -0.05) is 30.2 Å². The highest BCUT2D eigenvalue weighted by molar-refractivity contribution is 6.01. The second kappa shape index (κ2) is 9.08. The Bertz CT molecular complexity index is 1090. The smallest absolute Gasteiger partial charge is 0.189 e. The minimum Gasteiger partial charge on any atom is -0.464 e. The summed E-state index contributed by atoms with van der Waals surface area (Å²) >= 11 is 0. The summed E-state index contributed by atoms with van der Waals surface area (Å²) in [4.78, 5) is 0. The number of anilines is 1. The Balaban J connectivity index is 1.81. The van der Waals surface area contributed by atoms with Crippen LogP contribution in [0.1, 0.15) is 18.9 Å². The van der Waals surface area contributed by atoms with Crippen molar-refractivity contribution in [2.75, 3.05) is 31.9 Å². The fraction of sp³-hybridized carbons (Fsp3) is 0.304. The molecular weight excluding hydrogens is 385 g/mol. The Morgan fingerprint density at radius 3 is 2.80 bits per heavy atom. The van der Waals surface area contributed by atoms with Crippen molar-refractivity contribution in [1.82, 2.24) is 10.2 Å². The summed E-state index contributed by atoms with van der Waals surface area (Å²) in [5, 5.41) is 13.9. The minimum absolute atomic E-state index is 0.00301. The van der Waals surface area contributed by atoms with Gasteiger partial charge >= 0.3 is 0 Å². The molecule has 7 heteroatoms. The van der Waals surface area contributed by atoms with Gasteiger partial charge in [0.05, 0.1) is 18.2 Å². The number of nitrogens with one attached hydrogen (secondary N) is 1. The summed E-state index contributed by atoms with van der Waals surface area (Å²) < 4.78 is 31.3. The molecule has 6 nitrogen and oxygen atoms in total. The van der Waals surface area contributed by atoms with Crippen molar-refractivity contribution in [3.05, 3.63) is 47.8 Å². The molecule has 4 rings (SSSR count). The highest BCUT2D eigenvalue weighted by Gasteiger charge is 2.22. The topological polar surface area (TPSA) is 65.5 Å². The SMILES string of the molecule is C#Cc1ccc(-c2nnc(NC3CCOC3)c3ccccc23)c(OCOCC)c1F. The Kier molecular flexibility index (Phi) is 6.07. The standard InChI is InChI=1S/C23H22FN3O3/c1-3-15-9-10-19(22(20(15)24)30-14-28-4-2)21-17-7-5-6-8-18(17)23(27-26-21)25-16-11-12-29-13-16/h1,5-10,16H,4,11-14H2,2H3,(H,25,27). The molecule has 1 atom stereocenters. The molecule has 1 aliphatic rings.